The maximum Gasteiger partial charge on any atom is 0.146 e. The highest BCUT2D eigenvalue weighted by Crippen LogP contribution is 2.42. The van der Waals surface area contributed by atoms with E-state index in [1.54, 1.807) is 0 Å². The molecule has 0 amide bonds. The van der Waals surface area contributed by atoms with Gasteiger partial charge in [-0.2, -0.15) is 0 Å². The zero-order chi connectivity index (χ0) is 37.6. The van der Waals surface area contributed by atoms with E-state index in [2.05, 4.69) is 118 Å². The van der Waals surface area contributed by atoms with E-state index in [1.807, 2.05) is 49.1 Å². The van der Waals surface area contributed by atoms with E-state index in [-0.39, 0.29) is 0 Å². The minimum absolute atomic E-state index is 0.866. The Morgan fingerprint density at radius 3 is 1.12 bits per heavy atom. The molecule has 266 valence electrons. The van der Waals surface area contributed by atoms with Crippen LogP contribution in [0.3, 0.4) is 0 Å². The molecule has 14 rings (SSSR count). The third-order valence-electron chi connectivity index (χ3n) is 12.2. The Morgan fingerprint density at radius 2 is 0.672 bits per heavy atom. The summed E-state index contributed by atoms with van der Waals surface area (Å²) in [6, 6.07) is 47.4. The Hall–Kier alpha value is -8.10. The molecule has 0 saturated carbocycles. The number of fused-ring (bicyclic) bond motifs is 26. The van der Waals surface area contributed by atoms with Crippen LogP contribution in [-0.2, 0) is 0 Å². The van der Waals surface area contributed by atoms with Gasteiger partial charge < -0.3 is 0 Å². The normalized spacial score (nSPS) is 12.5. The largest absolute Gasteiger partial charge is 0.291 e. The molecule has 0 spiro atoms. The Bertz CT molecular complexity index is 3890. The van der Waals surface area contributed by atoms with E-state index in [9.17, 15) is 0 Å². The number of nitrogens with zero attached hydrogens (tertiary/aromatic N) is 8. The van der Waals surface area contributed by atoms with Gasteiger partial charge in [0.25, 0.3) is 0 Å². The van der Waals surface area contributed by atoms with Crippen molar-refractivity contribution in [2.75, 3.05) is 0 Å². The maximum absolute atomic E-state index is 5.41. The van der Waals surface area contributed by atoms with E-state index >= 15 is 0 Å². The van der Waals surface area contributed by atoms with Crippen molar-refractivity contribution in [2.45, 2.75) is 0 Å². The molecule has 0 aliphatic rings. The summed E-state index contributed by atoms with van der Waals surface area (Å²) in [6.45, 7) is 0. The molecule has 8 heterocycles. The number of benzene rings is 6. The molecule has 0 saturated heterocycles. The van der Waals surface area contributed by atoms with Crippen LogP contribution >= 0.6 is 0 Å². The first-order chi connectivity index (χ1) is 28.8. The Morgan fingerprint density at radius 1 is 0.293 bits per heavy atom. The Labute approximate surface area is 327 Å². The lowest BCUT2D eigenvalue weighted by Crippen LogP contribution is -1.94. The lowest BCUT2D eigenvalue weighted by molar-refractivity contribution is 1.32. The van der Waals surface area contributed by atoms with E-state index in [0.717, 1.165) is 131 Å². The highest BCUT2D eigenvalue weighted by Gasteiger charge is 2.22. The number of aromatic nitrogens is 8. The molecule has 0 N–H and O–H groups in total. The highest BCUT2D eigenvalue weighted by molar-refractivity contribution is 6.26. The van der Waals surface area contributed by atoms with Crippen LogP contribution in [0.1, 0.15) is 0 Å². The Balaban J connectivity index is 1.06. The van der Waals surface area contributed by atoms with E-state index in [4.69, 9.17) is 29.9 Å². The number of imidazole rings is 2. The quantitative estimate of drug-likeness (QED) is 0.156. The summed E-state index contributed by atoms with van der Waals surface area (Å²) in [5.41, 5.74) is 13.8. The van der Waals surface area contributed by atoms with Crippen molar-refractivity contribution >= 4 is 120 Å². The van der Waals surface area contributed by atoms with Crippen molar-refractivity contribution in [2.24, 2.45) is 0 Å². The van der Waals surface area contributed by atoms with Gasteiger partial charge in [-0.1, -0.05) is 48.5 Å². The average molecular weight is 739 g/mol. The molecule has 0 bridgehead atoms. The molecule has 0 radical (unpaired) electrons. The minimum Gasteiger partial charge on any atom is -0.291 e. The minimum atomic E-state index is 0.866. The molecule has 0 unspecified atom stereocenters. The fourth-order valence-electron chi connectivity index (χ4n) is 9.76. The van der Waals surface area contributed by atoms with Crippen molar-refractivity contribution in [1.82, 2.24) is 38.7 Å². The predicted molar refractivity (Wildman–Crippen MR) is 236 cm³/mol. The summed E-state index contributed by atoms with van der Waals surface area (Å²) in [7, 11) is 0. The van der Waals surface area contributed by atoms with Crippen LogP contribution in [-0.4, -0.2) is 38.7 Å². The van der Waals surface area contributed by atoms with Crippen molar-refractivity contribution in [3.63, 3.8) is 0 Å². The molecule has 8 heteroatoms. The van der Waals surface area contributed by atoms with Gasteiger partial charge in [-0.25, -0.2) is 9.97 Å². The van der Waals surface area contributed by atoms with Crippen LogP contribution in [0.5, 0.6) is 0 Å². The molecular weight excluding hydrogens is 713 g/mol. The van der Waals surface area contributed by atoms with Crippen LogP contribution in [0, 0.1) is 0 Å². The SMILES string of the molecule is c1cnc2c(c1)c1nc3c4ccc(-c5ccc6c(c5)c5ccccc5n5c6nc6c7cccnc7c7ncccc7c65)cc4c4ccccc4n3c1c1cccnc12. The van der Waals surface area contributed by atoms with Gasteiger partial charge >= 0.3 is 0 Å². The smallest absolute Gasteiger partial charge is 0.146 e. The number of rotatable bonds is 1. The fourth-order valence-corrected chi connectivity index (χ4v) is 9.76. The second-order valence-electron chi connectivity index (χ2n) is 15.1. The summed E-state index contributed by atoms with van der Waals surface area (Å²) in [4.78, 5) is 30.0. The first-order valence-electron chi connectivity index (χ1n) is 19.4. The van der Waals surface area contributed by atoms with Gasteiger partial charge in [0, 0.05) is 67.9 Å². The van der Waals surface area contributed by atoms with Gasteiger partial charge in [0.05, 0.1) is 55.2 Å². The van der Waals surface area contributed by atoms with Crippen molar-refractivity contribution < 1.29 is 0 Å². The molecule has 14 aromatic rings. The van der Waals surface area contributed by atoms with Crippen LogP contribution in [0.4, 0.5) is 0 Å². The number of hydrogen-bond donors (Lipinski definition) is 0. The molecule has 0 atom stereocenters. The standard InChI is InChI=1S/C50H26N8/c1-3-15-39-29(9-1)37-25-27(17-19-31(37)49-55-45-33-11-5-21-51-41(33)43-35(13-7-23-53-43)47(45)57(39)49)28-18-20-32-38(26-28)30-10-2-4-16-40(30)58-48-36-14-8-24-54-44(36)42-34(12-6-22-52-42)46(48)56-50(32)58/h1-26H. The average Bonchev–Trinajstić information content (AvgIpc) is 3.91. The van der Waals surface area contributed by atoms with E-state index in [1.165, 1.54) is 0 Å². The maximum atomic E-state index is 5.41. The number of pyridine rings is 6. The van der Waals surface area contributed by atoms with Gasteiger partial charge in [-0.05, 0) is 107 Å². The molecular formula is C50H26N8. The van der Waals surface area contributed by atoms with Gasteiger partial charge in [0.1, 0.15) is 11.3 Å². The summed E-state index contributed by atoms with van der Waals surface area (Å²) in [5, 5.41) is 10.9. The second-order valence-corrected chi connectivity index (χ2v) is 15.1. The topological polar surface area (TPSA) is 86.2 Å². The Kier molecular flexibility index (Phi) is 5.62. The summed E-state index contributed by atoms with van der Waals surface area (Å²) in [5.74, 6) is 0. The van der Waals surface area contributed by atoms with Crippen LogP contribution < -0.4 is 0 Å². The molecule has 58 heavy (non-hydrogen) atoms. The zero-order valence-electron chi connectivity index (χ0n) is 30.6. The van der Waals surface area contributed by atoms with Crippen LogP contribution in [0.2, 0.25) is 0 Å². The summed E-state index contributed by atoms with van der Waals surface area (Å²) in [6.07, 6.45) is 7.35. The highest BCUT2D eigenvalue weighted by atomic mass is 15.0. The molecule has 6 aromatic carbocycles. The van der Waals surface area contributed by atoms with Crippen molar-refractivity contribution in [3.05, 3.63) is 158 Å². The molecule has 0 aliphatic heterocycles. The molecule has 0 fully saturated rings. The fraction of sp³-hybridized carbons (Fsp3) is 0. The zero-order valence-corrected chi connectivity index (χ0v) is 30.6. The monoisotopic (exact) mass is 738 g/mol. The third-order valence-corrected chi connectivity index (χ3v) is 12.2. The lowest BCUT2D eigenvalue weighted by atomic mass is 9.96. The van der Waals surface area contributed by atoms with E-state index in [0.29, 0.717) is 0 Å². The van der Waals surface area contributed by atoms with Crippen molar-refractivity contribution in [3.8, 4) is 11.1 Å². The molecule has 0 aliphatic carbocycles. The lowest BCUT2D eigenvalue weighted by Gasteiger charge is -2.13. The summed E-state index contributed by atoms with van der Waals surface area (Å²) >= 11 is 0. The van der Waals surface area contributed by atoms with Gasteiger partial charge in [0.15, 0.2) is 0 Å². The van der Waals surface area contributed by atoms with Gasteiger partial charge in [0.2, 0.25) is 0 Å². The van der Waals surface area contributed by atoms with Crippen LogP contribution in [0.15, 0.2) is 158 Å². The molecule has 8 nitrogen and oxygen atoms in total. The molecule has 8 aromatic heterocycles. The van der Waals surface area contributed by atoms with Crippen LogP contribution in [0.25, 0.3) is 131 Å². The van der Waals surface area contributed by atoms with Gasteiger partial charge in [-0.3, -0.25) is 28.7 Å². The van der Waals surface area contributed by atoms with Crippen molar-refractivity contribution in [1.29, 1.82) is 0 Å². The third kappa shape index (κ3) is 3.74. The van der Waals surface area contributed by atoms with Gasteiger partial charge in [-0.15, -0.1) is 0 Å². The first kappa shape index (κ1) is 30.2. The summed E-state index contributed by atoms with van der Waals surface area (Å²) < 4.78 is 4.65. The second kappa shape index (κ2) is 10.8. The number of hydrogen-bond acceptors (Lipinski definition) is 6. The predicted octanol–water partition coefficient (Wildman–Crippen LogP) is 11.8. The first-order valence-corrected chi connectivity index (χ1v) is 19.4. The number of para-hydroxylation sites is 2. The van der Waals surface area contributed by atoms with E-state index < -0.39 is 0 Å².